The molecule has 146 valence electrons. The Morgan fingerprint density at radius 1 is 1.00 bits per heavy atom. The summed E-state index contributed by atoms with van der Waals surface area (Å²) in [5.41, 5.74) is 3.44. The van der Waals surface area contributed by atoms with Crippen molar-refractivity contribution in [2.45, 2.75) is 19.9 Å². The number of rotatable bonds is 4. The lowest BCUT2D eigenvalue weighted by Gasteiger charge is -2.24. The smallest absolute Gasteiger partial charge is 0.242 e. The van der Waals surface area contributed by atoms with Gasteiger partial charge in [-0.3, -0.25) is 4.79 Å². The minimum absolute atomic E-state index is 0.195. The van der Waals surface area contributed by atoms with E-state index in [1.807, 2.05) is 29.2 Å². The Balaban J connectivity index is 1.43. The topological polar surface area (TPSA) is 37.7 Å². The van der Waals surface area contributed by atoms with Crippen LogP contribution in [0.3, 0.4) is 0 Å². The van der Waals surface area contributed by atoms with Gasteiger partial charge in [0, 0.05) is 43.1 Å². The lowest BCUT2D eigenvalue weighted by Crippen LogP contribution is -2.37. The van der Waals surface area contributed by atoms with Crippen LogP contribution in [0.25, 0.3) is 10.9 Å². The lowest BCUT2D eigenvalue weighted by atomic mass is 10.2. The van der Waals surface area contributed by atoms with Gasteiger partial charge in [0.25, 0.3) is 0 Å². The molecule has 5 heteroatoms. The van der Waals surface area contributed by atoms with Crippen LogP contribution in [0.15, 0.2) is 54.6 Å². The molecule has 2 heterocycles. The van der Waals surface area contributed by atoms with Gasteiger partial charge in [-0.25, -0.2) is 0 Å². The largest absolute Gasteiger partial charge is 0.497 e. The Labute approximate surface area is 166 Å². The van der Waals surface area contributed by atoms with Crippen LogP contribution >= 0.6 is 0 Å². The van der Waals surface area contributed by atoms with Gasteiger partial charge in [-0.15, -0.1) is 0 Å². The van der Waals surface area contributed by atoms with Crippen LogP contribution in [0.2, 0.25) is 0 Å². The highest BCUT2D eigenvalue weighted by molar-refractivity contribution is 5.84. The van der Waals surface area contributed by atoms with E-state index < -0.39 is 0 Å². The third-order valence-corrected chi connectivity index (χ3v) is 5.60. The van der Waals surface area contributed by atoms with Crippen molar-refractivity contribution in [2.75, 3.05) is 38.2 Å². The minimum atomic E-state index is 0.195. The fourth-order valence-electron chi connectivity index (χ4n) is 4.01. The molecule has 1 aromatic heterocycles. The number of carbonyl (C=O) groups is 1. The number of para-hydroxylation sites is 1. The van der Waals surface area contributed by atoms with Gasteiger partial charge in [-0.05, 0) is 55.1 Å². The van der Waals surface area contributed by atoms with Crippen LogP contribution < -0.4 is 9.64 Å². The molecule has 1 aliphatic rings. The quantitative estimate of drug-likeness (QED) is 0.696. The van der Waals surface area contributed by atoms with Gasteiger partial charge in [-0.1, -0.05) is 18.2 Å². The molecule has 0 saturated carbocycles. The molecule has 1 saturated heterocycles. The molecule has 1 fully saturated rings. The van der Waals surface area contributed by atoms with Crippen molar-refractivity contribution >= 4 is 22.5 Å². The molecule has 0 atom stereocenters. The zero-order chi connectivity index (χ0) is 19.5. The van der Waals surface area contributed by atoms with Crippen molar-refractivity contribution in [2.24, 2.45) is 0 Å². The summed E-state index contributed by atoms with van der Waals surface area (Å²) in [6, 6.07) is 18.6. The van der Waals surface area contributed by atoms with E-state index in [2.05, 4.69) is 46.7 Å². The predicted molar refractivity (Wildman–Crippen MR) is 113 cm³/mol. The van der Waals surface area contributed by atoms with E-state index >= 15 is 0 Å². The Morgan fingerprint density at radius 3 is 2.57 bits per heavy atom. The summed E-state index contributed by atoms with van der Waals surface area (Å²) in [5.74, 6) is 1.06. The SMILES string of the molecule is COc1ccc(N2CCCN(C(=O)Cn3c(C)cc4ccccc43)CC2)cc1. The molecule has 0 N–H and O–H groups in total. The highest BCUT2D eigenvalue weighted by Gasteiger charge is 2.20. The van der Waals surface area contributed by atoms with Crippen LogP contribution in [0.4, 0.5) is 5.69 Å². The maximum absolute atomic E-state index is 13.0. The number of methoxy groups -OCH3 is 1. The van der Waals surface area contributed by atoms with Crippen molar-refractivity contribution in [3.8, 4) is 5.75 Å². The summed E-state index contributed by atoms with van der Waals surface area (Å²) >= 11 is 0. The predicted octanol–water partition coefficient (Wildman–Crippen LogP) is 3.70. The van der Waals surface area contributed by atoms with Gasteiger partial charge in [0.2, 0.25) is 5.91 Å². The Morgan fingerprint density at radius 2 is 1.79 bits per heavy atom. The third kappa shape index (κ3) is 3.70. The minimum Gasteiger partial charge on any atom is -0.497 e. The normalized spacial score (nSPS) is 14.9. The average molecular weight is 377 g/mol. The Kier molecular flexibility index (Phi) is 5.24. The summed E-state index contributed by atoms with van der Waals surface area (Å²) in [5, 5.41) is 1.19. The number of benzene rings is 2. The first-order valence-electron chi connectivity index (χ1n) is 9.87. The fraction of sp³-hybridized carbons (Fsp3) is 0.348. The van der Waals surface area contributed by atoms with Crippen molar-refractivity contribution in [1.82, 2.24) is 9.47 Å². The number of carbonyl (C=O) groups excluding carboxylic acids is 1. The number of aromatic nitrogens is 1. The Bertz CT molecular complexity index is 962. The Hall–Kier alpha value is -2.95. The molecule has 0 radical (unpaired) electrons. The second kappa shape index (κ2) is 7.97. The summed E-state index contributed by atoms with van der Waals surface area (Å²) in [6.45, 7) is 5.85. The van der Waals surface area contributed by atoms with Gasteiger partial charge < -0.3 is 19.1 Å². The number of hydrogen-bond donors (Lipinski definition) is 0. The second-order valence-electron chi connectivity index (χ2n) is 7.35. The van der Waals surface area contributed by atoms with Crippen molar-refractivity contribution in [3.05, 3.63) is 60.3 Å². The van der Waals surface area contributed by atoms with Crippen LogP contribution in [0.1, 0.15) is 12.1 Å². The molecule has 0 aliphatic carbocycles. The van der Waals surface area contributed by atoms with Crippen molar-refractivity contribution in [3.63, 3.8) is 0 Å². The van der Waals surface area contributed by atoms with Gasteiger partial charge in [-0.2, -0.15) is 0 Å². The molecular weight excluding hydrogens is 350 g/mol. The molecule has 2 aromatic carbocycles. The molecule has 3 aromatic rings. The molecule has 0 unspecified atom stereocenters. The zero-order valence-corrected chi connectivity index (χ0v) is 16.6. The molecule has 28 heavy (non-hydrogen) atoms. The van der Waals surface area contributed by atoms with Gasteiger partial charge in [0.1, 0.15) is 12.3 Å². The maximum Gasteiger partial charge on any atom is 0.242 e. The van der Waals surface area contributed by atoms with Crippen LogP contribution in [-0.4, -0.2) is 48.7 Å². The number of aryl methyl sites for hydroxylation is 1. The van der Waals surface area contributed by atoms with E-state index in [0.29, 0.717) is 6.54 Å². The van der Waals surface area contributed by atoms with Gasteiger partial charge >= 0.3 is 0 Å². The summed E-state index contributed by atoms with van der Waals surface area (Å²) in [7, 11) is 1.68. The number of anilines is 1. The molecular formula is C23H27N3O2. The fourth-order valence-corrected chi connectivity index (χ4v) is 4.01. The monoisotopic (exact) mass is 377 g/mol. The van der Waals surface area contributed by atoms with E-state index in [-0.39, 0.29) is 5.91 Å². The molecule has 5 nitrogen and oxygen atoms in total. The maximum atomic E-state index is 13.0. The number of fused-ring (bicyclic) bond motifs is 1. The standard InChI is InChI=1S/C23H27N3O2/c1-18-16-19-6-3-4-7-22(19)26(18)17-23(27)25-13-5-12-24(14-15-25)20-8-10-21(28-2)11-9-20/h3-4,6-11,16H,5,12-15,17H2,1-2H3. The molecule has 0 spiro atoms. The lowest BCUT2D eigenvalue weighted by molar-refractivity contribution is -0.131. The van der Waals surface area contributed by atoms with E-state index in [4.69, 9.17) is 4.74 Å². The zero-order valence-electron chi connectivity index (χ0n) is 16.6. The number of ether oxygens (including phenoxy) is 1. The van der Waals surface area contributed by atoms with Gasteiger partial charge in [0.15, 0.2) is 0 Å². The van der Waals surface area contributed by atoms with Crippen LogP contribution in [0.5, 0.6) is 5.75 Å². The first kappa shape index (κ1) is 18.4. The van der Waals surface area contributed by atoms with Crippen molar-refractivity contribution in [1.29, 1.82) is 0 Å². The first-order chi connectivity index (χ1) is 13.7. The number of amides is 1. The molecule has 4 rings (SSSR count). The van der Waals surface area contributed by atoms with Crippen LogP contribution in [-0.2, 0) is 11.3 Å². The molecule has 0 bridgehead atoms. The summed E-state index contributed by atoms with van der Waals surface area (Å²) < 4.78 is 7.37. The van der Waals surface area contributed by atoms with E-state index in [0.717, 1.165) is 49.6 Å². The highest BCUT2D eigenvalue weighted by atomic mass is 16.5. The van der Waals surface area contributed by atoms with Crippen molar-refractivity contribution < 1.29 is 9.53 Å². The van der Waals surface area contributed by atoms with E-state index in [1.54, 1.807) is 7.11 Å². The average Bonchev–Trinajstić information content (AvgIpc) is 2.89. The van der Waals surface area contributed by atoms with E-state index in [9.17, 15) is 4.79 Å². The molecule has 1 amide bonds. The first-order valence-corrected chi connectivity index (χ1v) is 9.87. The van der Waals surface area contributed by atoms with Gasteiger partial charge in [0.05, 0.1) is 7.11 Å². The molecule has 1 aliphatic heterocycles. The van der Waals surface area contributed by atoms with E-state index in [1.165, 1.54) is 11.1 Å². The number of nitrogens with zero attached hydrogens (tertiary/aromatic N) is 3. The number of hydrogen-bond acceptors (Lipinski definition) is 3. The summed E-state index contributed by atoms with van der Waals surface area (Å²) in [4.78, 5) is 17.4. The highest BCUT2D eigenvalue weighted by Crippen LogP contribution is 2.22. The second-order valence-corrected chi connectivity index (χ2v) is 7.35. The van der Waals surface area contributed by atoms with Crippen LogP contribution in [0, 0.1) is 6.92 Å². The third-order valence-electron chi connectivity index (χ3n) is 5.60. The summed E-state index contributed by atoms with van der Waals surface area (Å²) in [6.07, 6.45) is 0.975.